The number of rotatable bonds is 5. The van der Waals surface area contributed by atoms with Gasteiger partial charge in [0, 0.05) is 22.6 Å². The Kier molecular flexibility index (Phi) is 6.03. The summed E-state index contributed by atoms with van der Waals surface area (Å²) >= 11 is 9.44. The molecule has 0 aromatic heterocycles. The zero-order valence-corrected chi connectivity index (χ0v) is 16.0. The number of hydrogen-bond acceptors (Lipinski definition) is 3. The molecule has 0 heterocycles. The minimum atomic E-state index is -3.89. The SMILES string of the molecule is CCN(Cc1ccccc1Cl)C(=O)c1cc(S(N)(=O)=O)ccc1Br. The molecule has 0 saturated heterocycles. The number of nitrogens with zero attached hydrogens (tertiary/aromatic N) is 1. The van der Waals surface area contributed by atoms with E-state index in [-0.39, 0.29) is 16.4 Å². The van der Waals surface area contributed by atoms with Crippen LogP contribution in [0.25, 0.3) is 0 Å². The fraction of sp³-hybridized carbons (Fsp3) is 0.188. The molecule has 0 aliphatic heterocycles. The van der Waals surface area contributed by atoms with E-state index in [1.54, 1.807) is 11.0 Å². The van der Waals surface area contributed by atoms with Crippen molar-refractivity contribution in [1.82, 2.24) is 4.90 Å². The third-order valence-electron chi connectivity index (χ3n) is 3.48. The van der Waals surface area contributed by atoms with Crippen LogP contribution in [0.1, 0.15) is 22.8 Å². The van der Waals surface area contributed by atoms with Crippen LogP contribution in [0.3, 0.4) is 0 Å². The molecular formula is C16H16BrClN2O3S. The van der Waals surface area contributed by atoms with Crippen LogP contribution in [0.2, 0.25) is 5.02 Å². The molecule has 24 heavy (non-hydrogen) atoms. The summed E-state index contributed by atoms with van der Waals surface area (Å²) in [4.78, 5) is 14.3. The van der Waals surface area contributed by atoms with E-state index in [1.807, 2.05) is 25.1 Å². The van der Waals surface area contributed by atoms with Gasteiger partial charge in [-0.2, -0.15) is 0 Å². The molecule has 0 atom stereocenters. The Hall–Kier alpha value is -1.41. The fourth-order valence-electron chi connectivity index (χ4n) is 2.18. The van der Waals surface area contributed by atoms with Crippen molar-refractivity contribution in [2.45, 2.75) is 18.4 Å². The Morgan fingerprint density at radius 1 is 1.25 bits per heavy atom. The molecule has 2 N–H and O–H groups in total. The van der Waals surface area contributed by atoms with Crippen molar-refractivity contribution in [3.63, 3.8) is 0 Å². The summed E-state index contributed by atoms with van der Waals surface area (Å²) < 4.78 is 23.5. The molecule has 8 heteroatoms. The van der Waals surface area contributed by atoms with Gasteiger partial charge in [0.2, 0.25) is 10.0 Å². The van der Waals surface area contributed by atoms with E-state index in [4.69, 9.17) is 16.7 Å². The monoisotopic (exact) mass is 430 g/mol. The zero-order chi connectivity index (χ0) is 17.9. The van der Waals surface area contributed by atoms with Gasteiger partial charge in [-0.25, -0.2) is 13.6 Å². The van der Waals surface area contributed by atoms with Crippen LogP contribution in [-0.2, 0) is 16.6 Å². The fourth-order valence-corrected chi connectivity index (χ4v) is 3.33. The lowest BCUT2D eigenvalue weighted by molar-refractivity contribution is 0.0751. The summed E-state index contributed by atoms with van der Waals surface area (Å²) in [6.45, 7) is 2.60. The van der Waals surface area contributed by atoms with E-state index in [9.17, 15) is 13.2 Å². The molecule has 0 bridgehead atoms. The lowest BCUT2D eigenvalue weighted by atomic mass is 10.1. The minimum absolute atomic E-state index is 0.108. The highest BCUT2D eigenvalue weighted by Crippen LogP contribution is 2.24. The topological polar surface area (TPSA) is 80.5 Å². The summed E-state index contributed by atoms with van der Waals surface area (Å²) in [6.07, 6.45) is 0. The largest absolute Gasteiger partial charge is 0.335 e. The maximum Gasteiger partial charge on any atom is 0.255 e. The molecular weight excluding hydrogens is 416 g/mol. The molecule has 0 saturated carbocycles. The van der Waals surface area contributed by atoms with Gasteiger partial charge in [0.05, 0.1) is 10.5 Å². The number of hydrogen-bond donors (Lipinski definition) is 1. The minimum Gasteiger partial charge on any atom is -0.335 e. The molecule has 0 aliphatic rings. The van der Waals surface area contributed by atoms with Crippen LogP contribution in [0.4, 0.5) is 0 Å². The lowest BCUT2D eigenvalue weighted by Crippen LogP contribution is -2.31. The molecule has 2 aromatic carbocycles. The third kappa shape index (κ3) is 4.36. The number of nitrogens with two attached hydrogens (primary N) is 1. The predicted octanol–water partition coefficient (Wildman–Crippen LogP) is 3.41. The highest BCUT2D eigenvalue weighted by atomic mass is 79.9. The normalized spacial score (nSPS) is 11.3. The second-order valence-corrected chi connectivity index (χ2v) is 7.92. The quantitative estimate of drug-likeness (QED) is 0.787. The second kappa shape index (κ2) is 7.65. The average molecular weight is 432 g/mol. The number of halogens is 2. The van der Waals surface area contributed by atoms with Crippen molar-refractivity contribution < 1.29 is 13.2 Å². The van der Waals surface area contributed by atoms with E-state index >= 15 is 0 Å². The van der Waals surface area contributed by atoms with Crippen molar-refractivity contribution in [3.05, 3.63) is 63.1 Å². The maximum absolute atomic E-state index is 12.8. The molecule has 0 fully saturated rings. The smallest absolute Gasteiger partial charge is 0.255 e. The Labute approximate surface area is 154 Å². The van der Waals surface area contributed by atoms with Gasteiger partial charge in [-0.3, -0.25) is 4.79 Å². The van der Waals surface area contributed by atoms with Crippen molar-refractivity contribution in [3.8, 4) is 0 Å². The summed E-state index contributed by atoms with van der Waals surface area (Å²) in [7, 11) is -3.89. The number of sulfonamides is 1. The first-order valence-electron chi connectivity index (χ1n) is 7.09. The van der Waals surface area contributed by atoms with Crippen molar-refractivity contribution >= 4 is 43.5 Å². The third-order valence-corrected chi connectivity index (χ3v) is 5.46. The van der Waals surface area contributed by atoms with E-state index < -0.39 is 10.0 Å². The van der Waals surface area contributed by atoms with Gasteiger partial charge in [0.25, 0.3) is 5.91 Å². The molecule has 0 aliphatic carbocycles. The molecule has 1 amide bonds. The number of primary sulfonamides is 1. The van der Waals surface area contributed by atoms with E-state index in [1.165, 1.54) is 18.2 Å². The standard InChI is InChI=1S/C16H16BrClN2O3S/c1-2-20(10-11-5-3-4-6-15(11)18)16(21)13-9-12(24(19,22)23)7-8-14(13)17/h3-9H,2,10H2,1H3,(H2,19,22,23). The Balaban J connectivity index is 2.37. The highest BCUT2D eigenvalue weighted by molar-refractivity contribution is 9.10. The van der Waals surface area contributed by atoms with E-state index in [0.29, 0.717) is 22.6 Å². The molecule has 0 radical (unpaired) electrons. The summed E-state index contributed by atoms with van der Waals surface area (Å²) in [5.41, 5.74) is 1.04. The predicted molar refractivity (Wildman–Crippen MR) is 97.4 cm³/mol. The van der Waals surface area contributed by atoms with Gasteiger partial charge in [0.1, 0.15) is 0 Å². The van der Waals surface area contributed by atoms with Crippen molar-refractivity contribution in [2.24, 2.45) is 5.14 Å². The van der Waals surface area contributed by atoms with Gasteiger partial charge in [-0.15, -0.1) is 0 Å². The first-order valence-corrected chi connectivity index (χ1v) is 9.80. The lowest BCUT2D eigenvalue weighted by Gasteiger charge is -2.22. The van der Waals surface area contributed by atoms with Crippen LogP contribution < -0.4 is 5.14 Å². The molecule has 0 spiro atoms. The zero-order valence-electron chi connectivity index (χ0n) is 12.9. The van der Waals surface area contributed by atoms with Crippen molar-refractivity contribution in [1.29, 1.82) is 0 Å². The Morgan fingerprint density at radius 2 is 1.92 bits per heavy atom. The van der Waals surface area contributed by atoms with Crippen LogP contribution >= 0.6 is 27.5 Å². The van der Waals surface area contributed by atoms with Crippen LogP contribution in [0, 0.1) is 0 Å². The summed E-state index contributed by atoms with van der Waals surface area (Å²) in [5, 5.41) is 5.71. The average Bonchev–Trinajstić information content (AvgIpc) is 2.53. The maximum atomic E-state index is 12.8. The Morgan fingerprint density at radius 3 is 2.50 bits per heavy atom. The Bertz CT molecular complexity index is 871. The van der Waals surface area contributed by atoms with Crippen molar-refractivity contribution in [2.75, 3.05) is 6.54 Å². The number of benzene rings is 2. The molecule has 2 aromatic rings. The number of carbonyl (C=O) groups excluding carboxylic acids is 1. The second-order valence-electron chi connectivity index (χ2n) is 5.10. The first kappa shape index (κ1) is 18.9. The van der Waals surface area contributed by atoms with Crippen LogP contribution in [0.5, 0.6) is 0 Å². The first-order chi connectivity index (χ1) is 11.2. The van der Waals surface area contributed by atoms with Gasteiger partial charge in [-0.1, -0.05) is 29.8 Å². The van der Waals surface area contributed by atoms with Crippen LogP contribution in [-0.4, -0.2) is 25.8 Å². The van der Waals surface area contributed by atoms with E-state index in [0.717, 1.165) is 5.56 Å². The van der Waals surface area contributed by atoms with Crippen LogP contribution in [0.15, 0.2) is 51.8 Å². The molecule has 5 nitrogen and oxygen atoms in total. The van der Waals surface area contributed by atoms with Gasteiger partial charge in [0.15, 0.2) is 0 Å². The summed E-state index contributed by atoms with van der Waals surface area (Å²) in [6, 6.07) is 11.4. The van der Waals surface area contributed by atoms with Gasteiger partial charge < -0.3 is 4.90 Å². The number of carbonyl (C=O) groups is 1. The highest BCUT2D eigenvalue weighted by Gasteiger charge is 2.20. The molecule has 128 valence electrons. The molecule has 2 rings (SSSR count). The van der Waals surface area contributed by atoms with E-state index in [2.05, 4.69) is 15.9 Å². The van der Waals surface area contributed by atoms with Gasteiger partial charge in [-0.05, 0) is 52.7 Å². The molecule has 0 unspecified atom stereocenters. The number of amides is 1. The summed E-state index contributed by atoms with van der Waals surface area (Å²) in [5.74, 6) is -0.310. The van der Waals surface area contributed by atoms with Gasteiger partial charge >= 0.3 is 0 Å².